The molecule has 2 amide bonds. The van der Waals surface area contributed by atoms with Gasteiger partial charge in [0, 0.05) is 12.6 Å². The zero-order valence-electron chi connectivity index (χ0n) is 8.60. The smallest absolute Gasteiger partial charge is 0.314 e. The minimum absolute atomic E-state index is 0.0185. The van der Waals surface area contributed by atoms with E-state index in [0.29, 0.717) is 6.04 Å². The Labute approximate surface area is 80.3 Å². The van der Waals surface area contributed by atoms with Crippen molar-refractivity contribution in [2.75, 3.05) is 6.54 Å². The number of urea groups is 1. The molecule has 1 aliphatic carbocycles. The largest absolute Gasteiger partial charge is 0.338 e. The van der Waals surface area contributed by atoms with Crippen LogP contribution < -0.4 is 10.6 Å². The van der Waals surface area contributed by atoms with Crippen LogP contribution in [0, 0.1) is 5.92 Å². The molecule has 0 aromatic carbocycles. The number of hydrogen-bond acceptors (Lipinski definition) is 1. The Hall–Kier alpha value is -0.730. The first-order chi connectivity index (χ1) is 6.22. The molecule has 1 aliphatic rings. The monoisotopic (exact) mass is 184 g/mol. The van der Waals surface area contributed by atoms with Gasteiger partial charge in [-0.15, -0.1) is 0 Å². The van der Waals surface area contributed by atoms with E-state index >= 15 is 0 Å². The molecule has 3 heteroatoms. The Kier molecular flexibility index (Phi) is 4.06. The van der Waals surface area contributed by atoms with Gasteiger partial charge < -0.3 is 10.6 Å². The molecule has 0 aromatic rings. The first-order valence-corrected chi connectivity index (χ1v) is 5.26. The second-order valence-electron chi connectivity index (χ2n) is 3.98. The molecule has 0 spiro atoms. The van der Waals surface area contributed by atoms with Crippen LogP contribution in [0.15, 0.2) is 0 Å². The minimum Gasteiger partial charge on any atom is -0.338 e. The van der Waals surface area contributed by atoms with E-state index in [9.17, 15) is 4.79 Å². The fourth-order valence-corrected chi connectivity index (χ4v) is 1.43. The first-order valence-electron chi connectivity index (χ1n) is 5.26. The van der Waals surface area contributed by atoms with Gasteiger partial charge in [0.25, 0.3) is 0 Å². The van der Waals surface area contributed by atoms with Gasteiger partial charge in [0.15, 0.2) is 0 Å². The van der Waals surface area contributed by atoms with Gasteiger partial charge >= 0.3 is 6.03 Å². The normalized spacial score (nSPS) is 18.0. The topological polar surface area (TPSA) is 41.1 Å². The molecule has 0 radical (unpaired) electrons. The number of hydrogen-bond donors (Lipinski definition) is 2. The van der Waals surface area contributed by atoms with Crippen molar-refractivity contribution in [3.8, 4) is 0 Å². The summed E-state index contributed by atoms with van der Waals surface area (Å²) in [6.45, 7) is 4.89. The standard InChI is InChI=1S/C10H20N2O/c1-3-6-11-10(13)12-8(2)7-9-4-5-9/h8-9H,3-7H2,1-2H3,(H2,11,12,13). The first kappa shape index (κ1) is 10.4. The molecule has 0 saturated heterocycles. The second-order valence-corrected chi connectivity index (χ2v) is 3.98. The van der Waals surface area contributed by atoms with Gasteiger partial charge in [-0.3, -0.25) is 0 Å². The lowest BCUT2D eigenvalue weighted by Gasteiger charge is -2.13. The summed E-state index contributed by atoms with van der Waals surface area (Å²) in [5.41, 5.74) is 0. The summed E-state index contributed by atoms with van der Waals surface area (Å²) in [6.07, 6.45) is 4.83. The van der Waals surface area contributed by atoms with Crippen LogP contribution in [0.2, 0.25) is 0 Å². The van der Waals surface area contributed by atoms with E-state index in [1.54, 1.807) is 0 Å². The van der Waals surface area contributed by atoms with Crippen LogP contribution in [0.5, 0.6) is 0 Å². The van der Waals surface area contributed by atoms with E-state index in [1.807, 2.05) is 6.92 Å². The summed E-state index contributed by atoms with van der Waals surface area (Å²) in [7, 11) is 0. The van der Waals surface area contributed by atoms with E-state index in [0.717, 1.165) is 25.3 Å². The van der Waals surface area contributed by atoms with Gasteiger partial charge in [-0.1, -0.05) is 19.8 Å². The zero-order chi connectivity index (χ0) is 9.68. The Balaban J connectivity index is 2.03. The van der Waals surface area contributed by atoms with Crippen LogP contribution in [0.3, 0.4) is 0 Å². The van der Waals surface area contributed by atoms with E-state index in [4.69, 9.17) is 0 Å². The molecule has 0 heterocycles. The van der Waals surface area contributed by atoms with Crippen molar-refractivity contribution in [3.63, 3.8) is 0 Å². The number of carbonyl (C=O) groups is 1. The minimum atomic E-state index is -0.0185. The van der Waals surface area contributed by atoms with Gasteiger partial charge in [0.2, 0.25) is 0 Å². The lowest BCUT2D eigenvalue weighted by molar-refractivity contribution is 0.237. The third-order valence-electron chi connectivity index (χ3n) is 2.30. The Morgan fingerprint density at radius 2 is 2.23 bits per heavy atom. The van der Waals surface area contributed by atoms with Crippen LogP contribution in [0.4, 0.5) is 4.79 Å². The second kappa shape index (κ2) is 5.10. The maximum Gasteiger partial charge on any atom is 0.314 e. The lowest BCUT2D eigenvalue weighted by Crippen LogP contribution is -2.41. The van der Waals surface area contributed by atoms with Crippen molar-refractivity contribution in [2.45, 2.75) is 45.6 Å². The molecule has 0 aliphatic heterocycles. The third-order valence-corrected chi connectivity index (χ3v) is 2.30. The van der Waals surface area contributed by atoms with Gasteiger partial charge in [-0.25, -0.2) is 4.79 Å². The predicted molar refractivity (Wildman–Crippen MR) is 53.6 cm³/mol. The van der Waals surface area contributed by atoms with E-state index < -0.39 is 0 Å². The van der Waals surface area contributed by atoms with Crippen LogP contribution >= 0.6 is 0 Å². The maximum atomic E-state index is 11.2. The number of rotatable bonds is 5. The Morgan fingerprint density at radius 3 is 2.77 bits per heavy atom. The molecule has 1 rings (SSSR count). The Morgan fingerprint density at radius 1 is 1.54 bits per heavy atom. The van der Waals surface area contributed by atoms with Crippen molar-refractivity contribution < 1.29 is 4.79 Å². The summed E-state index contributed by atoms with van der Waals surface area (Å²) in [5, 5.41) is 5.74. The van der Waals surface area contributed by atoms with Crippen LogP contribution in [0.1, 0.15) is 39.5 Å². The van der Waals surface area contributed by atoms with Gasteiger partial charge in [0.05, 0.1) is 0 Å². The van der Waals surface area contributed by atoms with Crippen LogP contribution in [-0.2, 0) is 0 Å². The fourth-order valence-electron chi connectivity index (χ4n) is 1.43. The van der Waals surface area contributed by atoms with E-state index in [1.165, 1.54) is 12.8 Å². The van der Waals surface area contributed by atoms with Gasteiger partial charge in [-0.05, 0) is 25.7 Å². The SMILES string of the molecule is CCCNC(=O)NC(C)CC1CC1. The number of carbonyl (C=O) groups excluding carboxylic acids is 1. The molecule has 1 saturated carbocycles. The van der Waals surface area contributed by atoms with E-state index in [-0.39, 0.29) is 6.03 Å². The van der Waals surface area contributed by atoms with Crippen LogP contribution in [0.25, 0.3) is 0 Å². The molecule has 1 fully saturated rings. The quantitative estimate of drug-likeness (QED) is 0.673. The molecule has 0 bridgehead atoms. The highest BCUT2D eigenvalue weighted by Crippen LogP contribution is 2.33. The van der Waals surface area contributed by atoms with Gasteiger partial charge in [0.1, 0.15) is 0 Å². The van der Waals surface area contributed by atoms with Crippen LogP contribution in [-0.4, -0.2) is 18.6 Å². The molecule has 13 heavy (non-hydrogen) atoms. The van der Waals surface area contributed by atoms with Crippen molar-refractivity contribution in [3.05, 3.63) is 0 Å². The third kappa shape index (κ3) is 4.76. The molecular formula is C10H20N2O. The van der Waals surface area contributed by atoms with E-state index in [2.05, 4.69) is 17.6 Å². The summed E-state index contributed by atoms with van der Waals surface area (Å²) in [6, 6.07) is 0.305. The molecule has 3 nitrogen and oxygen atoms in total. The lowest BCUT2D eigenvalue weighted by atomic mass is 10.2. The average molecular weight is 184 g/mol. The molecular weight excluding hydrogens is 164 g/mol. The molecule has 1 atom stereocenters. The molecule has 0 aromatic heterocycles. The predicted octanol–water partition coefficient (Wildman–Crippen LogP) is 1.88. The van der Waals surface area contributed by atoms with Crippen molar-refractivity contribution in [2.24, 2.45) is 5.92 Å². The maximum absolute atomic E-state index is 11.2. The van der Waals surface area contributed by atoms with Crippen molar-refractivity contribution in [1.82, 2.24) is 10.6 Å². The highest BCUT2D eigenvalue weighted by atomic mass is 16.2. The summed E-state index contributed by atoms with van der Waals surface area (Å²) < 4.78 is 0. The number of nitrogens with one attached hydrogen (secondary N) is 2. The molecule has 1 unspecified atom stereocenters. The zero-order valence-corrected chi connectivity index (χ0v) is 8.60. The molecule has 76 valence electrons. The molecule has 2 N–H and O–H groups in total. The summed E-state index contributed by atoms with van der Waals surface area (Å²) in [4.78, 5) is 11.2. The van der Waals surface area contributed by atoms with Crippen molar-refractivity contribution >= 4 is 6.03 Å². The number of amides is 2. The Bertz CT molecular complexity index is 166. The fraction of sp³-hybridized carbons (Fsp3) is 0.900. The van der Waals surface area contributed by atoms with Crippen molar-refractivity contribution in [1.29, 1.82) is 0 Å². The average Bonchev–Trinajstić information content (AvgIpc) is 2.84. The summed E-state index contributed by atoms with van der Waals surface area (Å²) in [5.74, 6) is 0.876. The highest BCUT2D eigenvalue weighted by Gasteiger charge is 2.23. The van der Waals surface area contributed by atoms with Gasteiger partial charge in [-0.2, -0.15) is 0 Å². The highest BCUT2D eigenvalue weighted by molar-refractivity contribution is 5.74. The summed E-state index contributed by atoms with van der Waals surface area (Å²) >= 11 is 0.